The third-order valence-electron chi connectivity index (χ3n) is 3.05. The van der Waals surface area contributed by atoms with Crippen LogP contribution in [-0.2, 0) is 13.0 Å². The monoisotopic (exact) mass is 245 g/mol. The summed E-state index contributed by atoms with van der Waals surface area (Å²) < 4.78 is 2.05. The smallest absolute Gasteiger partial charge is 0.222 e. The standard InChI is InChI=1S/C13H19N5/c1-4-18-11(3)12(10(2)17-18)6-9-16-13-14-7-5-8-15-13/h5,7-8H,4,6,9H2,1-3H3,(H,14,15,16). The zero-order valence-corrected chi connectivity index (χ0v) is 11.1. The number of hydrogen-bond acceptors (Lipinski definition) is 4. The van der Waals surface area contributed by atoms with Crippen molar-refractivity contribution in [1.82, 2.24) is 19.7 Å². The molecule has 0 amide bonds. The van der Waals surface area contributed by atoms with Crippen molar-refractivity contribution >= 4 is 5.95 Å². The van der Waals surface area contributed by atoms with E-state index in [1.54, 1.807) is 12.4 Å². The van der Waals surface area contributed by atoms with Crippen molar-refractivity contribution < 1.29 is 0 Å². The fourth-order valence-electron chi connectivity index (χ4n) is 2.09. The van der Waals surface area contributed by atoms with Gasteiger partial charge in [0, 0.05) is 31.2 Å². The van der Waals surface area contributed by atoms with Gasteiger partial charge in [0.1, 0.15) is 0 Å². The molecule has 0 saturated carbocycles. The maximum absolute atomic E-state index is 4.51. The summed E-state index contributed by atoms with van der Waals surface area (Å²) in [5.41, 5.74) is 3.69. The molecule has 0 bridgehead atoms. The highest BCUT2D eigenvalue weighted by Crippen LogP contribution is 2.13. The van der Waals surface area contributed by atoms with E-state index in [1.807, 2.05) is 10.7 Å². The summed E-state index contributed by atoms with van der Waals surface area (Å²) in [6.07, 6.45) is 4.41. The molecule has 1 N–H and O–H groups in total. The maximum Gasteiger partial charge on any atom is 0.222 e. The normalized spacial score (nSPS) is 10.6. The zero-order valence-electron chi connectivity index (χ0n) is 11.1. The minimum Gasteiger partial charge on any atom is -0.354 e. The first-order chi connectivity index (χ1) is 8.72. The van der Waals surface area contributed by atoms with Gasteiger partial charge in [-0.2, -0.15) is 5.10 Å². The van der Waals surface area contributed by atoms with Crippen LogP contribution in [0.15, 0.2) is 18.5 Å². The van der Waals surface area contributed by atoms with Gasteiger partial charge in [-0.1, -0.05) is 0 Å². The van der Waals surface area contributed by atoms with Crippen LogP contribution in [0.1, 0.15) is 23.9 Å². The van der Waals surface area contributed by atoms with Crippen LogP contribution in [0.4, 0.5) is 5.95 Å². The van der Waals surface area contributed by atoms with Gasteiger partial charge in [0.2, 0.25) is 5.95 Å². The second kappa shape index (κ2) is 5.62. The van der Waals surface area contributed by atoms with Gasteiger partial charge < -0.3 is 5.32 Å². The van der Waals surface area contributed by atoms with Crippen LogP contribution in [-0.4, -0.2) is 26.3 Å². The molecule has 5 nitrogen and oxygen atoms in total. The summed E-state index contributed by atoms with van der Waals surface area (Å²) in [6, 6.07) is 1.81. The predicted molar refractivity (Wildman–Crippen MR) is 71.6 cm³/mol. The summed E-state index contributed by atoms with van der Waals surface area (Å²) in [7, 11) is 0. The average molecular weight is 245 g/mol. The summed E-state index contributed by atoms with van der Waals surface area (Å²) in [6.45, 7) is 8.04. The molecule has 0 unspecified atom stereocenters. The highest BCUT2D eigenvalue weighted by molar-refractivity contribution is 5.28. The van der Waals surface area contributed by atoms with E-state index in [-0.39, 0.29) is 0 Å². The lowest BCUT2D eigenvalue weighted by molar-refractivity contribution is 0.633. The second-order valence-electron chi connectivity index (χ2n) is 4.21. The summed E-state index contributed by atoms with van der Waals surface area (Å²) in [5, 5.41) is 7.73. The lowest BCUT2D eigenvalue weighted by atomic mass is 10.1. The van der Waals surface area contributed by atoms with Crippen molar-refractivity contribution in [3.8, 4) is 0 Å². The van der Waals surface area contributed by atoms with Gasteiger partial charge in [-0.15, -0.1) is 0 Å². The minimum atomic E-state index is 0.677. The molecule has 2 aromatic heterocycles. The van der Waals surface area contributed by atoms with Crippen LogP contribution >= 0.6 is 0 Å². The first-order valence-electron chi connectivity index (χ1n) is 6.26. The molecule has 0 aliphatic carbocycles. The Morgan fingerprint density at radius 3 is 2.56 bits per heavy atom. The van der Waals surface area contributed by atoms with E-state index in [4.69, 9.17) is 0 Å². The fourth-order valence-corrected chi connectivity index (χ4v) is 2.09. The van der Waals surface area contributed by atoms with E-state index < -0.39 is 0 Å². The first-order valence-corrected chi connectivity index (χ1v) is 6.26. The van der Waals surface area contributed by atoms with Crippen LogP contribution < -0.4 is 5.32 Å². The molecule has 0 fully saturated rings. The van der Waals surface area contributed by atoms with Gasteiger partial charge in [-0.05, 0) is 38.8 Å². The van der Waals surface area contributed by atoms with E-state index in [1.165, 1.54) is 11.3 Å². The molecular weight excluding hydrogens is 226 g/mol. The Hall–Kier alpha value is -1.91. The Bertz CT molecular complexity index is 504. The van der Waals surface area contributed by atoms with Gasteiger partial charge >= 0.3 is 0 Å². The number of anilines is 1. The Morgan fingerprint density at radius 2 is 1.94 bits per heavy atom. The molecule has 0 spiro atoms. The SMILES string of the molecule is CCn1nc(C)c(CCNc2ncccn2)c1C. The van der Waals surface area contributed by atoms with Gasteiger partial charge in [-0.3, -0.25) is 4.68 Å². The van der Waals surface area contributed by atoms with Gasteiger partial charge in [-0.25, -0.2) is 9.97 Å². The molecule has 5 heteroatoms. The van der Waals surface area contributed by atoms with E-state index >= 15 is 0 Å². The summed E-state index contributed by atoms with van der Waals surface area (Å²) >= 11 is 0. The van der Waals surface area contributed by atoms with Crippen molar-refractivity contribution in [3.63, 3.8) is 0 Å². The number of aromatic nitrogens is 4. The van der Waals surface area contributed by atoms with E-state index in [2.05, 4.69) is 41.2 Å². The van der Waals surface area contributed by atoms with Gasteiger partial charge in [0.05, 0.1) is 5.69 Å². The Morgan fingerprint density at radius 1 is 1.22 bits per heavy atom. The summed E-state index contributed by atoms with van der Waals surface area (Å²) in [5.74, 6) is 0.677. The molecule has 0 aliphatic heterocycles. The van der Waals surface area contributed by atoms with E-state index in [9.17, 15) is 0 Å². The molecule has 0 saturated heterocycles. The van der Waals surface area contributed by atoms with Crippen LogP contribution in [0, 0.1) is 13.8 Å². The molecule has 96 valence electrons. The Balaban J connectivity index is 1.96. The molecule has 18 heavy (non-hydrogen) atoms. The molecule has 2 aromatic rings. The topological polar surface area (TPSA) is 55.6 Å². The first kappa shape index (κ1) is 12.5. The molecule has 0 radical (unpaired) electrons. The molecule has 2 heterocycles. The number of aryl methyl sites for hydroxylation is 2. The molecule has 2 rings (SSSR count). The van der Waals surface area contributed by atoms with E-state index in [0.29, 0.717) is 5.95 Å². The van der Waals surface area contributed by atoms with Crippen LogP contribution in [0.5, 0.6) is 0 Å². The highest BCUT2D eigenvalue weighted by Gasteiger charge is 2.09. The van der Waals surface area contributed by atoms with Crippen LogP contribution in [0.2, 0.25) is 0 Å². The zero-order chi connectivity index (χ0) is 13.0. The summed E-state index contributed by atoms with van der Waals surface area (Å²) in [4.78, 5) is 8.27. The molecule has 0 atom stereocenters. The molecule has 0 aliphatic rings. The Labute approximate surface area is 107 Å². The molecular formula is C13H19N5. The lowest BCUT2D eigenvalue weighted by Crippen LogP contribution is -2.08. The number of nitrogens with zero attached hydrogens (tertiary/aromatic N) is 4. The van der Waals surface area contributed by atoms with Crippen LogP contribution in [0.25, 0.3) is 0 Å². The largest absolute Gasteiger partial charge is 0.354 e. The van der Waals surface area contributed by atoms with Crippen molar-refractivity contribution in [2.75, 3.05) is 11.9 Å². The van der Waals surface area contributed by atoms with Crippen LogP contribution in [0.3, 0.4) is 0 Å². The Kier molecular flexibility index (Phi) is 3.92. The average Bonchev–Trinajstić information content (AvgIpc) is 2.67. The third-order valence-corrected chi connectivity index (χ3v) is 3.05. The maximum atomic E-state index is 4.51. The predicted octanol–water partition coefficient (Wildman–Crippen LogP) is 1.96. The quantitative estimate of drug-likeness (QED) is 0.875. The fraction of sp³-hybridized carbons (Fsp3) is 0.462. The second-order valence-corrected chi connectivity index (χ2v) is 4.21. The third kappa shape index (κ3) is 2.67. The molecule has 0 aromatic carbocycles. The number of rotatable bonds is 5. The number of nitrogens with one attached hydrogen (secondary N) is 1. The lowest BCUT2D eigenvalue weighted by Gasteiger charge is -2.05. The van der Waals surface area contributed by atoms with Crippen molar-refractivity contribution in [2.45, 2.75) is 33.7 Å². The highest BCUT2D eigenvalue weighted by atomic mass is 15.3. The minimum absolute atomic E-state index is 0.677. The van der Waals surface area contributed by atoms with Crippen molar-refractivity contribution in [1.29, 1.82) is 0 Å². The van der Waals surface area contributed by atoms with Crippen molar-refractivity contribution in [3.05, 3.63) is 35.4 Å². The van der Waals surface area contributed by atoms with Gasteiger partial charge in [0.25, 0.3) is 0 Å². The van der Waals surface area contributed by atoms with Crippen molar-refractivity contribution in [2.24, 2.45) is 0 Å². The van der Waals surface area contributed by atoms with E-state index in [0.717, 1.165) is 25.2 Å². The van der Waals surface area contributed by atoms with Gasteiger partial charge in [0.15, 0.2) is 0 Å². The number of hydrogen-bond donors (Lipinski definition) is 1.